The maximum atomic E-state index is 12.7. The Bertz CT molecular complexity index is 438. The summed E-state index contributed by atoms with van der Waals surface area (Å²) in [7, 11) is 0. The van der Waals surface area contributed by atoms with Crippen molar-refractivity contribution in [1.82, 2.24) is 4.90 Å². The summed E-state index contributed by atoms with van der Waals surface area (Å²) < 4.78 is -0.218. The van der Waals surface area contributed by atoms with Crippen molar-refractivity contribution in [3.05, 3.63) is 29.8 Å². The van der Waals surface area contributed by atoms with Crippen molar-refractivity contribution in [3.8, 4) is 0 Å². The first kappa shape index (κ1) is 14.3. The predicted molar refractivity (Wildman–Crippen MR) is 82.0 cm³/mol. The summed E-state index contributed by atoms with van der Waals surface area (Å²) in [6.07, 6.45) is 2.14. The minimum Gasteiger partial charge on any atom is -0.399 e. The van der Waals surface area contributed by atoms with E-state index in [-0.39, 0.29) is 10.7 Å². The number of hydrogen-bond acceptors (Lipinski definition) is 3. The largest absolute Gasteiger partial charge is 0.399 e. The number of nitrogens with two attached hydrogens (primary N) is 1. The number of anilines is 1. The van der Waals surface area contributed by atoms with Crippen LogP contribution in [0.25, 0.3) is 0 Å². The third-order valence-electron chi connectivity index (χ3n) is 3.69. The van der Waals surface area contributed by atoms with Gasteiger partial charge < -0.3 is 10.6 Å². The number of hydrogen-bond donors (Lipinski definition) is 1. The van der Waals surface area contributed by atoms with E-state index in [1.165, 1.54) is 0 Å². The maximum Gasteiger partial charge on any atom is 0.238 e. The molecule has 104 valence electrons. The summed E-state index contributed by atoms with van der Waals surface area (Å²) in [4.78, 5) is 14.6. The van der Waals surface area contributed by atoms with Gasteiger partial charge in [0.25, 0.3) is 0 Å². The lowest BCUT2D eigenvalue weighted by atomic mass is 10.0. The quantitative estimate of drug-likeness (QED) is 0.861. The molecular formula is C15H22N2OS. The predicted octanol–water partition coefficient (Wildman–Crippen LogP) is 2.90. The lowest BCUT2D eigenvalue weighted by Crippen LogP contribution is -2.43. The van der Waals surface area contributed by atoms with Gasteiger partial charge in [0.2, 0.25) is 5.91 Å². The summed E-state index contributed by atoms with van der Waals surface area (Å²) in [5, 5.41) is 0. The highest BCUT2D eigenvalue weighted by Crippen LogP contribution is 2.39. The first-order valence-corrected chi connectivity index (χ1v) is 7.81. The first-order chi connectivity index (χ1) is 9.05. The molecule has 1 aromatic rings. The van der Waals surface area contributed by atoms with Gasteiger partial charge in [-0.25, -0.2) is 0 Å². The Kier molecular flexibility index (Phi) is 4.40. The number of thioether (sulfide) groups is 1. The minimum absolute atomic E-state index is 0.218. The molecule has 1 aromatic carbocycles. The van der Waals surface area contributed by atoms with Crippen LogP contribution in [0.5, 0.6) is 0 Å². The van der Waals surface area contributed by atoms with E-state index in [1.807, 2.05) is 36.1 Å². The average Bonchev–Trinajstić information content (AvgIpc) is 2.85. The van der Waals surface area contributed by atoms with Crippen LogP contribution < -0.4 is 5.73 Å². The Morgan fingerprint density at radius 2 is 2.11 bits per heavy atom. The summed E-state index contributed by atoms with van der Waals surface area (Å²) in [5.41, 5.74) is 7.58. The molecule has 0 radical (unpaired) electrons. The van der Waals surface area contributed by atoms with Gasteiger partial charge in [0.05, 0.1) is 4.75 Å². The van der Waals surface area contributed by atoms with Crippen molar-refractivity contribution in [3.63, 3.8) is 0 Å². The van der Waals surface area contributed by atoms with Gasteiger partial charge in [-0.1, -0.05) is 12.1 Å². The summed E-state index contributed by atoms with van der Waals surface area (Å²) >= 11 is 1.80. The molecule has 4 heteroatoms. The topological polar surface area (TPSA) is 46.3 Å². The van der Waals surface area contributed by atoms with Crippen LogP contribution in [0.3, 0.4) is 0 Å². The number of amides is 1. The molecule has 1 amide bonds. The fourth-order valence-electron chi connectivity index (χ4n) is 2.45. The van der Waals surface area contributed by atoms with E-state index < -0.39 is 0 Å². The molecule has 0 aliphatic carbocycles. The zero-order valence-electron chi connectivity index (χ0n) is 11.7. The average molecular weight is 278 g/mol. The van der Waals surface area contributed by atoms with Crippen molar-refractivity contribution >= 4 is 23.4 Å². The van der Waals surface area contributed by atoms with E-state index in [0.29, 0.717) is 6.54 Å². The molecule has 1 fully saturated rings. The lowest BCUT2D eigenvalue weighted by molar-refractivity contribution is -0.133. The summed E-state index contributed by atoms with van der Waals surface area (Å²) in [5.74, 6) is 1.37. The lowest BCUT2D eigenvalue weighted by Gasteiger charge is -2.30. The number of carbonyl (C=O) groups excluding carboxylic acids is 1. The van der Waals surface area contributed by atoms with Gasteiger partial charge in [0, 0.05) is 18.8 Å². The van der Waals surface area contributed by atoms with Crippen LogP contribution >= 0.6 is 11.8 Å². The van der Waals surface area contributed by atoms with Crippen LogP contribution in [0.1, 0.15) is 32.3 Å². The molecule has 1 aliphatic rings. The van der Waals surface area contributed by atoms with Gasteiger partial charge in [-0.05, 0) is 50.1 Å². The molecule has 0 saturated carbocycles. The van der Waals surface area contributed by atoms with E-state index in [0.717, 1.165) is 36.4 Å². The Morgan fingerprint density at radius 3 is 2.63 bits per heavy atom. The molecule has 0 spiro atoms. The van der Waals surface area contributed by atoms with E-state index in [2.05, 4.69) is 6.92 Å². The SMILES string of the molecule is CCN(Cc1ccc(N)cc1)C(=O)C1(C)CCCS1. The molecular weight excluding hydrogens is 256 g/mol. The molecule has 1 heterocycles. The zero-order chi connectivity index (χ0) is 13.9. The van der Waals surface area contributed by atoms with E-state index in [9.17, 15) is 4.79 Å². The fraction of sp³-hybridized carbons (Fsp3) is 0.533. The highest BCUT2D eigenvalue weighted by molar-refractivity contribution is 8.01. The van der Waals surface area contributed by atoms with Gasteiger partial charge >= 0.3 is 0 Å². The maximum absolute atomic E-state index is 12.7. The molecule has 2 N–H and O–H groups in total. The van der Waals surface area contributed by atoms with Crippen molar-refractivity contribution < 1.29 is 4.79 Å². The van der Waals surface area contributed by atoms with Crippen molar-refractivity contribution in [2.45, 2.75) is 38.0 Å². The Labute approximate surface area is 119 Å². The Hall–Kier alpha value is -1.16. The Balaban J connectivity index is 2.07. The van der Waals surface area contributed by atoms with Crippen molar-refractivity contribution in [2.75, 3.05) is 18.0 Å². The molecule has 19 heavy (non-hydrogen) atoms. The second-order valence-electron chi connectivity index (χ2n) is 5.24. The zero-order valence-corrected chi connectivity index (χ0v) is 12.5. The van der Waals surface area contributed by atoms with E-state index in [1.54, 1.807) is 11.8 Å². The smallest absolute Gasteiger partial charge is 0.238 e. The molecule has 1 saturated heterocycles. The summed E-state index contributed by atoms with van der Waals surface area (Å²) in [6, 6.07) is 7.77. The van der Waals surface area contributed by atoms with Crippen LogP contribution in [-0.4, -0.2) is 27.9 Å². The number of benzene rings is 1. The third-order valence-corrected chi connectivity index (χ3v) is 5.20. The van der Waals surface area contributed by atoms with Crippen LogP contribution in [0, 0.1) is 0 Å². The van der Waals surface area contributed by atoms with Gasteiger partial charge in [0.1, 0.15) is 0 Å². The van der Waals surface area contributed by atoms with E-state index in [4.69, 9.17) is 5.73 Å². The molecule has 1 atom stereocenters. The number of carbonyl (C=O) groups is 1. The number of nitrogen functional groups attached to an aromatic ring is 1. The van der Waals surface area contributed by atoms with Crippen LogP contribution in [0.4, 0.5) is 5.69 Å². The number of nitrogens with zero attached hydrogens (tertiary/aromatic N) is 1. The van der Waals surface area contributed by atoms with Gasteiger partial charge in [-0.3, -0.25) is 4.79 Å². The summed E-state index contributed by atoms with van der Waals surface area (Å²) in [6.45, 7) is 5.54. The molecule has 1 unspecified atom stereocenters. The molecule has 2 rings (SSSR count). The monoisotopic (exact) mass is 278 g/mol. The van der Waals surface area contributed by atoms with E-state index >= 15 is 0 Å². The highest BCUT2D eigenvalue weighted by Gasteiger charge is 2.39. The molecule has 0 bridgehead atoms. The second kappa shape index (κ2) is 5.87. The van der Waals surface area contributed by atoms with Crippen molar-refractivity contribution in [1.29, 1.82) is 0 Å². The van der Waals surface area contributed by atoms with Crippen molar-refractivity contribution in [2.24, 2.45) is 0 Å². The molecule has 3 nitrogen and oxygen atoms in total. The van der Waals surface area contributed by atoms with Crippen LogP contribution in [0.2, 0.25) is 0 Å². The van der Waals surface area contributed by atoms with Gasteiger partial charge in [-0.2, -0.15) is 0 Å². The first-order valence-electron chi connectivity index (χ1n) is 6.83. The normalized spacial score (nSPS) is 22.4. The van der Waals surface area contributed by atoms with Crippen LogP contribution in [0.15, 0.2) is 24.3 Å². The highest BCUT2D eigenvalue weighted by atomic mass is 32.2. The van der Waals surface area contributed by atoms with Gasteiger partial charge in [-0.15, -0.1) is 11.8 Å². The molecule has 1 aliphatic heterocycles. The molecule has 0 aromatic heterocycles. The minimum atomic E-state index is -0.218. The third kappa shape index (κ3) is 3.24. The second-order valence-corrected chi connectivity index (χ2v) is 6.84. The standard InChI is InChI=1S/C15H22N2OS/c1-3-17(11-12-5-7-13(16)8-6-12)14(18)15(2)9-4-10-19-15/h5-8H,3-4,9-11,16H2,1-2H3. The fourth-order valence-corrected chi connectivity index (χ4v) is 3.73. The van der Waals surface area contributed by atoms with Crippen LogP contribution in [-0.2, 0) is 11.3 Å². The number of rotatable bonds is 4. The Morgan fingerprint density at radius 1 is 1.42 bits per heavy atom. The van der Waals surface area contributed by atoms with Gasteiger partial charge in [0.15, 0.2) is 0 Å².